The van der Waals surface area contributed by atoms with Gasteiger partial charge in [-0.15, -0.1) is 0 Å². The monoisotopic (exact) mass is 1180 g/mol. The fourth-order valence-corrected chi connectivity index (χ4v) is 12.1. The van der Waals surface area contributed by atoms with Crippen LogP contribution in [0.15, 0.2) is 122 Å². The highest BCUT2D eigenvalue weighted by Crippen LogP contribution is 2.55. The number of nitrogens with zero attached hydrogens (tertiary/aromatic N) is 2. The zero-order valence-electron chi connectivity index (χ0n) is 49.1. The molecule has 4 aliphatic rings. The number of ketones is 1. The summed E-state index contributed by atoms with van der Waals surface area (Å²) in [6.07, 6.45) is 20.7. The van der Waals surface area contributed by atoms with Crippen LogP contribution in [0.4, 0.5) is 0 Å². The lowest BCUT2D eigenvalue weighted by molar-refractivity contribution is -0.125. The molecule has 450 valence electrons. The Morgan fingerprint density at radius 1 is 0.631 bits per heavy atom. The van der Waals surface area contributed by atoms with E-state index in [0.717, 1.165) is 160 Å². The Morgan fingerprint density at radius 3 is 1.73 bits per heavy atom. The highest BCUT2D eigenvalue weighted by molar-refractivity contribution is 6.31. The van der Waals surface area contributed by atoms with E-state index in [2.05, 4.69) is 114 Å². The van der Waals surface area contributed by atoms with Crippen molar-refractivity contribution in [2.75, 3.05) is 13.2 Å². The van der Waals surface area contributed by atoms with Crippen molar-refractivity contribution in [3.8, 4) is 33.8 Å². The summed E-state index contributed by atoms with van der Waals surface area (Å²) in [6, 6.07) is 33.9. The van der Waals surface area contributed by atoms with Gasteiger partial charge >= 0.3 is 0 Å². The number of nitrogens with two attached hydrogens (primary N) is 1. The Labute approximate surface area is 507 Å². The van der Waals surface area contributed by atoms with Gasteiger partial charge in [0.2, 0.25) is 0 Å². The molecule has 0 aliphatic heterocycles. The van der Waals surface area contributed by atoms with Crippen LogP contribution in [0.5, 0.6) is 11.5 Å². The van der Waals surface area contributed by atoms with Gasteiger partial charge in [-0.1, -0.05) is 117 Å². The number of hydrogen-bond donors (Lipinski definition) is 7. The predicted octanol–water partition coefficient (Wildman–Crippen LogP) is 13.4. The Bertz CT molecular complexity index is 3090. The van der Waals surface area contributed by atoms with Gasteiger partial charge in [0.25, 0.3) is 0 Å². The average Bonchev–Trinajstić information content (AvgIpc) is 3.57. The lowest BCUT2D eigenvalue weighted by atomic mass is 9.84. The molecule has 4 saturated carbocycles. The van der Waals surface area contributed by atoms with Crippen LogP contribution in [0.3, 0.4) is 0 Å². The molecule has 84 heavy (non-hydrogen) atoms. The number of unbranched alkanes of at least 4 members (excludes halogenated alkanes) is 3. The molecule has 10 rings (SSSR count). The molecule has 4 aromatic carbocycles. The van der Waals surface area contributed by atoms with Crippen molar-refractivity contribution in [3.05, 3.63) is 165 Å². The van der Waals surface area contributed by atoms with E-state index < -0.39 is 31.0 Å². The third-order valence-electron chi connectivity index (χ3n) is 17.8. The number of carbonyl (C=O) groups excluding carboxylic acids is 1. The quantitative estimate of drug-likeness (QED) is 0.0193. The lowest BCUT2D eigenvalue weighted by Gasteiger charge is -2.25. The number of aryl methyl sites for hydroxylation is 1. The molecule has 0 amide bonds. The molecule has 0 spiro atoms. The van der Waals surface area contributed by atoms with Crippen LogP contribution in [0.25, 0.3) is 22.3 Å². The number of aliphatic hydroxyl groups excluding tert-OH is 5. The zero-order valence-corrected chi connectivity index (χ0v) is 50.6. The standard InChI is InChI=1S/C40H52ClNO7.C30H36ClN3O/c1-26(7-3-2-4-8-29(44)12-16-35(45)38(47)39(48)36(46)25-43)27-11-15-34(41)28(23-27)17-19-40(20-21-40)33-24-42-22-18-31(33)32-9-5-6-10-37(32)49-30-13-14-30;1-21(6-4-5-16-32)22-9-12-28(31)23(18-22)19-34-30(14-15-30)27-20-33-17-13-25(27)26-7-2-3-8-29(26)35-24-10-11-24/h5-6,9-11,15,18,22-24,26,30,35-36,38-39,43,45-48H,2-4,7-8,12-14,16-17,19-21,25H2,1H3;2-3,7-9,12-13,17-18,20-21,24,34H,4-6,10-11,14-16,19,32H2,1H3/t26-,35-,36+,38+,39+;21-/m00/s1. The minimum Gasteiger partial charge on any atom is -0.490 e. The molecule has 2 heterocycles. The summed E-state index contributed by atoms with van der Waals surface area (Å²) in [5.41, 5.74) is 17.9. The second-order valence-electron chi connectivity index (χ2n) is 24.4. The second-order valence-corrected chi connectivity index (χ2v) is 25.3. The van der Waals surface area contributed by atoms with E-state index in [9.17, 15) is 25.2 Å². The first kappa shape index (κ1) is 63.3. The van der Waals surface area contributed by atoms with Crippen LogP contribution in [0.2, 0.25) is 10.0 Å². The van der Waals surface area contributed by atoms with Crippen LogP contribution in [0.1, 0.15) is 181 Å². The first-order chi connectivity index (χ1) is 40.7. The summed E-state index contributed by atoms with van der Waals surface area (Å²) >= 11 is 13.4. The maximum absolute atomic E-state index is 12.3. The number of rotatable bonds is 33. The van der Waals surface area contributed by atoms with E-state index >= 15 is 0 Å². The molecule has 0 unspecified atom stereocenters. The number of para-hydroxylation sites is 2. The Balaban J connectivity index is 0.000000213. The molecule has 14 heteroatoms. The fraction of sp³-hybridized carbons (Fsp3) is 0.500. The number of carbonyl (C=O) groups is 1. The van der Waals surface area contributed by atoms with Gasteiger partial charge in [0.05, 0.1) is 24.9 Å². The number of pyridine rings is 2. The largest absolute Gasteiger partial charge is 0.490 e. The molecule has 4 aliphatic carbocycles. The molecule has 0 bridgehead atoms. The molecule has 0 radical (unpaired) electrons. The molecule has 6 atom stereocenters. The number of Topliss-reactive ketones (excluding diaryl/α,β-unsaturated/α-hetero) is 1. The van der Waals surface area contributed by atoms with Gasteiger partial charge in [-0.2, -0.15) is 0 Å². The van der Waals surface area contributed by atoms with Crippen molar-refractivity contribution in [1.82, 2.24) is 15.3 Å². The van der Waals surface area contributed by atoms with Crippen molar-refractivity contribution in [1.29, 1.82) is 0 Å². The normalized spacial score (nSPS) is 17.9. The highest BCUT2D eigenvalue weighted by Gasteiger charge is 2.47. The SMILES string of the molecule is C[C@@H](CCCCCC(=O)CC[C@H](O)[C@@H](O)[C@H](O)[C@H](O)CO)c1ccc(Cl)c(CCC2(c3cnccc3-c3ccccc3OC3CC3)CC2)c1.C[C@@H](CCCCN)c1ccc(Cl)c(CNC2(c3cnccc3-c3ccccc3OC3CC3)CC2)c1. The van der Waals surface area contributed by atoms with Gasteiger partial charge in [-0.25, -0.2) is 0 Å². The Morgan fingerprint density at radius 2 is 1.17 bits per heavy atom. The Hall–Kier alpha value is -5.25. The Kier molecular flexibility index (Phi) is 22.5. The molecule has 2 aromatic heterocycles. The van der Waals surface area contributed by atoms with Crippen molar-refractivity contribution < 1.29 is 39.8 Å². The molecule has 0 saturated heterocycles. The summed E-state index contributed by atoms with van der Waals surface area (Å²) < 4.78 is 12.5. The third-order valence-corrected chi connectivity index (χ3v) is 18.6. The van der Waals surface area contributed by atoms with Gasteiger partial charge < -0.3 is 46.1 Å². The smallest absolute Gasteiger partial charge is 0.133 e. The first-order valence-electron chi connectivity index (χ1n) is 31.0. The topological polar surface area (TPSA) is 201 Å². The van der Waals surface area contributed by atoms with E-state index in [1.54, 1.807) is 0 Å². The van der Waals surface area contributed by atoms with Crippen LogP contribution >= 0.6 is 23.2 Å². The number of aliphatic hydroxyl groups is 5. The van der Waals surface area contributed by atoms with Gasteiger partial charge in [0, 0.05) is 70.9 Å². The van der Waals surface area contributed by atoms with Crippen molar-refractivity contribution in [3.63, 3.8) is 0 Å². The third kappa shape index (κ3) is 17.0. The molecular weight excluding hydrogens is 1100 g/mol. The molecule has 6 aromatic rings. The van der Waals surface area contributed by atoms with E-state index in [-0.39, 0.29) is 29.6 Å². The summed E-state index contributed by atoms with van der Waals surface area (Å²) in [7, 11) is 0. The minimum atomic E-state index is -1.68. The van der Waals surface area contributed by atoms with Gasteiger partial charge in [0.15, 0.2) is 0 Å². The number of benzene rings is 4. The van der Waals surface area contributed by atoms with Crippen LogP contribution < -0.4 is 20.5 Å². The van der Waals surface area contributed by atoms with Crippen LogP contribution in [-0.2, 0) is 28.7 Å². The maximum Gasteiger partial charge on any atom is 0.133 e. The second kappa shape index (κ2) is 29.9. The van der Waals surface area contributed by atoms with E-state index in [1.165, 1.54) is 38.9 Å². The number of hydrogen-bond acceptors (Lipinski definition) is 12. The lowest BCUT2D eigenvalue weighted by Crippen LogP contribution is -2.45. The number of ether oxygens (including phenoxy) is 2. The van der Waals surface area contributed by atoms with Crippen molar-refractivity contribution in [2.24, 2.45) is 5.73 Å². The van der Waals surface area contributed by atoms with E-state index in [0.29, 0.717) is 30.5 Å². The molecule has 4 fully saturated rings. The van der Waals surface area contributed by atoms with Gasteiger partial charge in [-0.3, -0.25) is 14.8 Å². The molecule has 12 nitrogen and oxygen atoms in total. The minimum absolute atomic E-state index is 0.0125. The van der Waals surface area contributed by atoms with Gasteiger partial charge in [-0.05, 0) is 201 Å². The van der Waals surface area contributed by atoms with Crippen LogP contribution in [0, 0.1) is 0 Å². The van der Waals surface area contributed by atoms with E-state index in [4.69, 9.17) is 43.5 Å². The molecular formula is C70H88Cl2N4O8. The van der Waals surface area contributed by atoms with Crippen LogP contribution in [-0.4, -0.2) is 91.1 Å². The maximum atomic E-state index is 12.3. The van der Waals surface area contributed by atoms with E-state index in [1.807, 2.05) is 36.8 Å². The summed E-state index contributed by atoms with van der Waals surface area (Å²) in [4.78, 5) is 21.4. The first-order valence-corrected chi connectivity index (χ1v) is 31.7. The average molecular weight is 1180 g/mol. The number of nitrogens with one attached hydrogen (secondary N) is 1. The predicted molar refractivity (Wildman–Crippen MR) is 335 cm³/mol. The van der Waals surface area contributed by atoms with Crippen molar-refractivity contribution in [2.45, 2.75) is 208 Å². The van der Waals surface area contributed by atoms with Crippen molar-refractivity contribution >= 4 is 29.0 Å². The number of halogens is 2. The highest BCUT2D eigenvalue weighted by atomic mass is 35.5. The number of aromatic nitrogens is 2. The molecule has 8 N–H and O–H groups in total. The zero-order chi connectivity index (χ0) is 59.2. The van der Waals surface area contributed by atoms with Gasteiger partial charge in [0.1, 0.15) is 35.6 Å². The summed E-state index contributed by atoms with van der Waals surface area (Å²) in [5.74, 6) is 2.77. The fourth-order valence-electron chi connectivity index (χ4n) is 11.7. The summed E-state index contributed by atoms with van der Waals surface area (Å²) in [5, 5.41) is 53.5. The summed E-state index contributed by atoms with van der Waals surface area (Å²) in [6.45, 7) is 5.29.